The van der Waals surface area contributed by atoms with Crippen LogP contribution in [0.2, 0.25) is 0 Å². The van der Waals surface area contributed by atoms with Gasteiger partial charge in [0.05, 0.1) is 25.8 Å². The number of carbonyl (C=O) groups excluding carboxylic acids is 1. The van der Waals surface area contributed by atoms with Crippen LogP contribution in [0.5, 0.6) is 0 Å². The maximum atomic E-state index is 11.1. The zero-order valence-electron chi connectivity index (χ0n) is 16.7. The largest absolute Gasteiger partial charge is 0.463 e. The Morgan fingerprint density at radius 2 is 1.59 bits per heavy atom. The molecule has 2 rings (SSSR count). The molecule has 29 heavy (non-hydrogen) atoms. The van der Waals surface area contributed by atoms with E-state index in [1.165, 1.54) is 0 Å². The summed E-state index contributed by atoms with van der Waals surface area (Å²) in [6.07, 6.45) is -1.59. The van der Waals surface area contributed by atoms with Crippen LogP contribution >= 0.6 is 0 Å². The van der Waals surface area contributed by atoms with E-state index in [9.17, 15) is 9.59 Å². The summed E-state index contributed by atoms with van der Waals surface area (Å²) in [5.41, 5.74) is 1.84. The van der Waals surface area contributed by atoms with Crippen LogP contribution in [-0.4, -0.2) is 46.7 Å². The molecule has 0 saturated carbocycles. The number of hydroxylamine groups is 2. The molecule has 0 spiro atoms. The lowest BCUT2D eigenvalue weighted by Crippen LogP contribution is -2.35. The van der Waals surface area contributed by atoms with Crippen molar-refractivity contribution in [3.63, 3.8) is 0 Å². The van der Waals surface area contributed by atoms with Crippen molar-refractivity contribution in [3.8, 4) is 0 Å². The molecule has 2 aromatic carbocycles. The highest BCUT2D eigenvalue weighted by atomic mass is 16.7. The van der Waals surface area contributed by atoms with E-state index >= 15 is 0 Å². The molecule has 2 aromatic rings. The average Bonchev–Trinajstić information content (AvgIpc) is 2.74. The predicted octanol–water partition coefficient (Wildman–Crippen LogP) is 3.41. The smallest absolute Gasteiger partial charge is 0.431 e. The van der Waals surface area contributed by atoms with Crippen molar-refractivity contribution in [1.29, 1.82) is 0 Å². The van der Waals surface area contributed by atoms with E-state index in [0.717, 1.165) is 16.2 Å². The first-order valence-electron chi connectivity index (χ1n) is 9.21. The molecule has 0 saturated heterocycles. The Hall–Kier alpha value is -3.10. The lowest BCUT2D eigenvalue weighted by molar-refractivity contribution is -0.132. The first-order valence-corrected chi connectivity index (χ1v) is 9.21. The molecular weight excluding hydrogens is 376 g/mol. The van der Waals surface area contributed by atoms with Gasteiger partial charge in [0.25, 0.3) is 0 Å². The van der Waals surface area contributed by atoms with Crippen LogP contribution in [-0.2, 0) is 22.7 Å². The minimum absolute atomic E-state index is 0.0968. The summed E-state index contributed by atoms with van der Waals surface area (Å²) in [7, 11) is 0. The van der Waals surface area contributed by atoms with Crippen LogP contribution in [0.4, 0.5) is 9.59 Å². The molecule has 0 bridgehead atoms. The van der Waals surface area contributed by atoms with Gasteiger partial charge in [0, 0.05) is 0 Å². The Morgan fingerprint density at radius 1 is 1.03 bits per heavy atom. The summed E-state index contributed by atoms with van der Waals surface area (Å²) in [6, 6.07) is 18.5. The van der Waals surface area contributed by atoms with E-state index < -0.39 is 12.2 Å². The fourth-order valence-corrected chi connectivity index (χ4v) is 2.09. The second-order valence-electron chi connectivity index (χ2n) is 6.01. The first-order chi connectivity index (χ1) is 14.0. The third kappa shape index (κ3) is 10.7. The number of carbonyl (C=O) groups is 2. The Morgan fingerprint density at radius 3 is 2.07 bits per heavy atom. The van der Waals surface area contributed by atoms with Crippen molar-refractivity contribution >= 4 is 12.2 Å². The number of rotatable bonds is 8. The quantitative estimate of drug-likeness (QED) is 0.582. The van der Waals surface area contributed by atoms with Crippen LogP contribution in [0.15, 0.2) is 60.7 Å². The van der Waals surface area contributed by atoms with Gasteiger partial charge >= 0.3 is 12.2 Å². The number of alkyl carbamates (subject to hydrolysis) is 1. The molecule has 8 heteroatoms. The lowest BCUT2D eigenvalue weighted by atomic mass is 10.2. The number of amides is 2. The van der Waals surface area contributed by atoms with Crippen molar-refractivity contribution in [2.75, 3.05) is 13.2 Å². The molecule has 158 valence electrons. The summed E-state index contributed by atoms with van der Waals surface area (Å²) < 4.78 is 4.94. The Bertz CT molecular complexity index is 712. The van der Waals surface area contributed by atoms with E-state index in [1.54, 1.807) is 13.8 Å². The topological polar surface area (TPSA) is 108 Å². The molecular formula is C21H28N2O6. The highest BCUT2D eigenvalue weighted by Gasteiger charge is 2.11. The summed E-state index contributed by atoms with van der Waals surface area (Å²) in [4.78, 5) is 26.8. The van der Waals surface area contributed by atoms with Gasteiger partial charge < -0.3 is 20.3 Å². The summed E-state index contributed by atoms with van der Waals surface area (Å²) >= 11 is 0. The number of hydrogen-bond donors (Lipinski definition) is 3. The molecule has 0 radical (unpaired) electrons. The number of aliphatic hydroxyl groups excluding tert-OH is 1. The third-order valence-corrected chi connectivity index (χ3v) is 3.52. The summed E-state index contributed by atoms with van der Waals surface area (Å²) in [6.45, 7) is 4.19. The van der Waals surface area contributed by atoms with Crippen LogP contribution in [0.1, 0.15) is 25.0 Å². The zero-order valence-corrected chi connectivity index (χ0v) is 16.7. The van der Waals surface area contributed by atoms with E-state index in [4.69, 9.17) is 19.8 Å². The SMILES string of the molecule is CC(CO)NC(=O)OCc1ccccc1.CCON(Cc1ccccc1)C(=O)O. The molecule has 8 nitrogen and oxygen atoms in total. The predicted molar refractivity (Wildman–Crippen MR) is 108 cm³/mol. The third-order valence-electron chi connectivity index (χ3n) is 3.52. The van der Waals surface area contributed by atoms with Crippen molar-refractivity contribution in [2.45, 2.75) is 33.0 Å². The minimum Gasteiger partial charge on any atom is -0.463 e. The highest BCUT2D eigenvalue weighted by Crippen LogP contribution is 2.05. The fourth-order valence-electron chi connectivity index (χ4n) is 2.09. The number of aliphatic hydroxyl groups is 1. The molecule has 0 fully saturated rings. The van der Waals surface area contributed by atoms with Gasteiger partial charge in [0.2, 0.25) is 0 Å². The zero-order chi connectivity index (χ0) is 21.5. The number of carboxylic acid groups (broad SMARTS) is 1. The maximum absolute atomic E-state index is 11.1. The normalized spacial score (nSPS) is 10.9. The van der Waals surface area contributed by atoms with Crippen LogP contribution < -0.4 is 5.32 Å². The summed E-state index contributed by atoms with van der Waals surface area (Å²) in [5.74, 6) is 0. The molecule has 2 amide bonds. The standard InChI is InChI=1S/C11H15NO3.C10H13NO3/c1-9(7-13)12-11(14)15-8-10-5-3-2-4-6-10;1-2-14-11(10(12)13)8-9-6-4-3-5-7-9/h2-6,9,13H,7-8H2,1H3,(H,12,14);3-7H,2,8H2,1H3,(H,12,13). The number of nitrogens with zero attached hydrogens (tertiary/aromatic N) is 1. The van der Waals surface area contributed by atoms with Crippen molar-refractivity contribution in [1.82, 2.24) is 10.4 Å². The molecule has 0 heterocycles. The van der Waals surface area contributed by atoms with E-state index in [-0.39, 0.29) is 25.8 Å². The van der Waals surface area contributed by atoms with Gasteiger partial charge in [0.15, 0.2) is 0 Å². The van der Waals surface area contributed by atoms with E-state index in [2.05, 4.69) is 5.32 Å². The van der Waals surface area contributed by atoms with E-state index in [1.807, 2.05) is 60.7 Å². The second-order valence-corrected chi connectivity index (χ2v) is 6.01. The van der Waals surface area contributed by atoms with Crippen LogP contribution in [0.25, 0.3) is 0 Å². The highest BCUT2D eigenvalue weighted by molar-refractivity contribution is 5.67. The van der Waals surface area contributed by atoms with Gasteiger partial charge in [-0.1, -0.05) is 60.7 Å². The molecule has 0 aliphatic heterocycles. The molecule has 0 aromatic heterocycles. The minimum atomic E-state index is -1.07. The number of hydrogen-bond acceptors (Lipinski definition) is 5. The van der Waals surface area contributed by atoms with Crippen molar-refractivity contribution < 1.29 is 29.4 Å². The molecule has 3 N–H and O–H groups in total. The Balaban J connectivity index is 0.000000291. The van der Waals surface area contributed by atoms with Crippen LogP contribution in [0, 0.1) is 0 Å². The van der Waals surface area contributed by atoms with Gasteiger partial charge in [-0.2, -0.15) is 5.06 Å². The van der Waals surface area contributed by atoms with Gasteiger partial charge in [0.1, 0.15) is 6.61 Å². The fraction of sp³-hybridized carbons (Fsp3) is 0.333. The van der Waals surface area contributed by atoms with Gasteiger partial charge in [-0.05, 0) is 25.0 Å². The van der Waals surface area contributed by atoms with Crippen molar-refractivity contribution in [2.24, 2.45) is 0 Å². The Labute approximate surface area is 170 Å². The van der Waals surface area contributed by atoms with Gasteiger partial charge in [-0.15, -0.1) is 0 Å². The number of benzene rings is 2. The summed E-state index contributed by atoms with van der Waals surface area (Å²) in [5, 5.41) is 20.9. The molecule has 0 aliphatic carbocycles. The second kappa shape index (κ2) is 14.0. The molecule has 1 unspecified atom stereocenters. The Kier molecular flexibility index (Phi) is 11.5. The maximum Gasteiger partial charge on any atom is 0.431 e. The van der Waals surface area contributed by atoms with Gasteiger partial charge in [-0.3, -0.25) is 4.84 Å². The first kappa shape index (κ1) is 23.9. The number of ether oxygens (including phenoxy) is 1. The molecule has 1 atom stereocenters. The monoisotopic (exact) mass is 404 g/mol. The van der Waals surface area contributed by atoms with Crippen LogP contribution in [0.3, 0.4) is 0 Å². The molecule has 0 aliphatic rings. The average molecular weight is 404 g/mol. The van der Waals surface area contributed by atoms with Crippen molar-refractivity contribution in [3.05, 3.63) is 71.8 Å². The van der Waals surface area contributed by atoms with Gasteiger partial charge in [-0.25, -0.2) is 9.59 Å². The number of nitrogens with one attached hydrogen (secondary N) is 1. The van der Waals surface area contributed by atoms with E-state index in [0.29, 0.717) is 6.61 Å². The lowest BCUT2D eigenvalue weighted by Gasteiger charge is -2.17.